The van der Waals surface area contributed by atoms with Gasteiger partial charge in [0.25, 0.3) is 0 Å². The van der Waals surface area contributed by atoms with Gasteiger partial charge in [-0.15, -0.1) is 0 Å². The van der Waals surface area contributed by atoms with Crippen LogP contribution in [0.1, 0.15) is 63.5 Å². The van der Waals surface area contributed by atoms with E-state index in [1.807, 2.05) is 11.8 Å². The molecule has 1 aliphatic carbocycles. The van der Waals surface area contributed by atoms with Crippen LogP contribution in [-0.2, 0) is 17.8 Å². The van der Waals surface area contributed by atoms with Crippen molar-refractivity contribution in [3.05, 3.63) is 17.8 Å². The summed E-state index contributed by atoms with van der Waals surface area (Å²) in [7, 11) is 0. The third-order valence-electron chi connectivity index (χ3n) is 5.73. The van der Waals surface area contributed by atoms with E-state index in [0.717, 1.165) is 18.8 Å². The van der Waals surface area contributed by atoms with E-state index in [2.05, 4.69) is 10.3 Å². The first kappa shape index (κ1) is 19.7. The standard InChI is InChI=1S/C20H32N4O3/c1-2-18-21-14-17(27-18)15-22-20(26)24-12-10-23(11-13-24)19(25)9-8-16-6-4-3-5-7-16/h14,16H,2-13,15H2,1H3,(H,22,26). The van der Waals surface area contributed by atoms with E-state index in [-0.39, 0.29) is 11.9 Å². The Labute approximate surface area is 161 Å². The fraction of sp³-hybridized carbons (Fsp3) is 0.750. The molecular formula is C20H32N4O3. The SMILES string of the molecule is CCc1ncc(CNC(=O)N2CCN(C(=O)CCC3CCCCC3)CC2)o1. The second-order valence-electron chi connectivity index (χ2n) is 7.64. The van der Waals surface area contributed by atoms with Crippen molar-refractivity contribution < 1.29 is 14.0 Å². The largest absolute Gasteiger partial charge is 0.444 e. The van der Waals surface area contributed by atoms with Crippen molar-refractivity contribution in [2.45, 2.75) is 64.8 Å². The molecular weight excluding hydrogens is 344 g/mol. The summed E-state index contributed by atoms with van der Waals surface area (Å²) in [6.45, 7) is 4.73. The highest BCUT2D eigenvalue weighted by Crippen LogP contribution is 2.27. The van der Waals surface area contributed by atoms with Gasteiger partial charge in [-0.05, 0) is 12.3 Å². The number of nitrogens with one attached hydrogen (secondary N) is 1. The van der Waals surface area contributed by atoms with E-state index in [1.165, 1.54) is 32.1 Å². The van der Waals surface area contributed by atoms with Gasteiger partial charge in [0.1, 0.15) is 5.76 Å². The first-order valence-electron chi connectivity index (χ1n) is 10.4. The monoisotopic (exact) mass is 376 g/mol. The first-order valence-corrected chi connectivity index (χ1v) is 10.4. The minimum absolute atomic E-state index is 0.112. The minimum atomic E-state index is -0.112. The Kier molecular flexibility index (Phi) is 7.12. The molecule has 1 saturated heterocycles. The highest BCUT2D eigenvalue weighted by molar-refractivity contribution is 5.77. The summed E-state index contributed by atoms with van der Waals surface area (Å²) in [6, 6.07) is -0.112. The summed E-state index contributed by atoms with van der Waals surface area (Å²) in [6.07, 6.45) is 10.6. The van der Waals surface area contributed by atoms with Gasteiger partial charge in [-0.2, -0.15) is 0 Å². The lowest BCUT2D eigenvalue weighted by Crippen LogP contribution is -2.53. The molecule has 27 heavy (non-hydrogen) atoms. The number of aryl methyl sites for hydroxylation is 1. The van der Waals surface area contributed by atoms with Gasteiger partial charge in [0.15, 0.2) is 5.89 Å². The molecule has 0 bridgehead atoms. The second kappa shape index (κ2) is 9.76. The smallest absolute Gasteiger partial charge is 0.317 e. The van der Waals surface area contributed by atoms with Crippen molar-refractivity contribution in [1.82, 2.24) is 20.1 Å². The summed E-state index contributed by atoms with van der Waals surface area (Å²) < 4.78 is 5.50. The molecule has 0 spiro atoms. The molecule has 2 fully saturated rings. The Morgan fingerprint density at radius 2 is 1.85 bits per heavy atom. The number of aromatic nitrogens is 1. The fourth-order valence-electron chi connectivity index (χ4n) is 3.99. The van der Waals surface area contributed by atoms with Crippen molar-refractivity contribution in [2.24, 2.45) is 5.92 Å². The summed E-state index contributed by atoms with van der Waals surface area (Å²) in [5.74, 6) is 2.32. The summed E-state index contributed by atoms with van der Waals surface area (Å²) >= 11 is 0. The lowest BCUT2D eigenvalue weighted by Gasteiger charge is -2.35. The second-order valence-corrected chi connectivity index (χ2v) is 7.64. The number of carbonyl (C=O) groups is 2. The van der Waals surface area contributed by atoms with Crippen LogP contribution in [-0.4, -0.2) is 52.9 Å². The number of oxazole rings is 1. The zero-order valence-electron chi connectivity index (χ0n) is 16.4. The van der Waals surface area contributed by atoms with Crippen LogP contribution in [0.25, 0.3) is 0 Å². The van der Waals surface area contributed by atoms with Gasteiger partial charge in [-0.1, -0.05) is 39.0 Å². The Morgan fingerprint density at radius 1 is 1.15 bits per heavy atom. The van der Waals surface area contributed by atoms with Crippen LogP contribution >= 0.6 is 0 Å². The van der Waals surface area contributed by atoms with Crippen LogP contribution < -0.4 is 5.32 Å². The maximum atomic E-state index is 12.4. The van der Waals surface area contributed by atoms with Gasteiger partial charge in [-0.25, -0.2) is 9.78 Å². The number of carbonyl (C=O) groups excluding carboxylic acids is 2. The predicted molar refractivity (Wildman–Crippen MR) is 102 cm³/mol. The van der Waals surface area contributed by atoms with Crippen LogP contribution in [0.15, 0.2) is 10.6 Å². The van der Waals surface area contributed by atoms with Gasteiger partial charge >= 0.3 is 6.03 Å². The number of amides is 3. The van der Waals surface area contributed by atoms with E-state index in [9.17, 15) is 9.59 Å². The predicted octanol–water partition coefficient (Wildman–Crippen LogP) is 2.95. The lowest BCUT2D eigenvalue weighted by atomic mass is 9.86. The van der Waals surface area contributed by atoms with Crippen molar-refractivity contribution >= 4 is 11.9 Å². The molecule has 0 radical (unpaired) electrons. The highest BCUT2D eigenvalue weighted by atomic mass is 16.4. The molecule has 2 aliphatic rings. The zero-order chi connectivity index (χ0) is 19.1. The maximum absolute atomic E-state index is 12.4. The Morgan fingerprint density at radius 3 is 2.52 bits per heavy atom. The van der Waals surface area contributed by atoms with E-state index >= 15 is 0 Å². The summed E-state index contributed by atoms with van der Waals surface area (Å²) in [4.78, 5) is 32.6. The van der Waals surface area contributed by atoms with E-state index in [0.29, 0.717) is 50.8 Å². The number of hydrogen-bond donors (Lipinski definition) is 1. The molecule has 0 unspecified atom stereocenters. The fourth-order valence-corrected chi connectivity index (χ4v) is 3.99. The first-order chi connectivity index (χ1) is 13.2. The van der Waals surface area contributed by atoms with E-state index < -0.39 is 0 Å². The molecule has 150 valence electrons. The molecule has 1 N–H and O–H groups in total. The highest BCUT2D eigenvalue weighted by Gasteiger charge is 2.25. The van der Waals surface area contributed by atoms with Crippen molar-refractivity contribution in [3.8, 4) is 0 Å². The molecule has 1 aromatic heterocycles. The maximum Gasteiger partial charge on any atom is 0.317 e. The average Bonchev–Trinajstić information content (AvgIpc) is 3.19. The van der Waals surface area contributed by atoms with E-state index in [1.54, 1.807) is 11.1 Å². The van der Waals surface area contributed by atoms with Gasteiger partial charge in [0.2, 0.25) is 5.91 Å². The normalized spacial score (nSPS) is 18.6. The van der Waals surface area contributed by atoms with Crippen molar-refractivity contribution in [1.29, 1.82) is 0 Å². The number of urea groups is 1. The number of nitrogens with zero attached hydrogens (tertiary/aromatic N) is 3. The van der Waals surface area contributed by atoms with Gasteiger partial charge in [0, 0.05) is 39.0 Å². The molecule has 0 aromatic carbocycles. The third-order valence-corrected chi connectivity index (χ3v) is 5.73. The number of rotatable bonds is 6. The molecule has 2 heterocycles. The topological polar surface area (TPSA) is 78.7 Å². The van der Waals surface area contributed by atoms with Crippen LogP contribution in [0.2, 0.25) is 0 Å². The van der Waals surface area contributed by atoms with Crippen molar-refractivity contribution in [3.63, 3.8) is 0 Å². The van der Waals surface area contributed by atoms with Gasteiger partial charge in [0.05, 0.1) is 12.7 Å². The Bertz CT molecular complexity index is 616. The molecule has 3 rings (SSSR count). The summed E-state index contributed by atoms with van der Waals surface area (Å²) in [5, 5.41) is 2.87. The lowest BCUT2D eigenvalue weighted by molar-refractivity contribution is -0.133. The molecule has 1 saturated carbocycles. The molecule has 0 atom stereocenters. The quantitative estimate of drug-likeness (QED) is 0.828. The number of piperazine rings is 1. The van der Waals surface area contributed by atoms with Crippen LogP contribution in [0.4, 0.5) is 4.79 Å². The Hall–Kier alpha value is -2.05. The Balaban J connectivity index is 1.34. The molecule has 7 nitrogen and oxygen atoms in total. The number of hydrogen-bond acceptors (Lipinski definition) is 4. The molecule has 1 aromatic rings. The van der Waals surface area contributed by atoms with Crippen LogP contribution in [0, 0.1) is 5.92 Å². The zero-order valence-corrected chi connectivity index (χ0v) is 16.4. The average molecular weight is 377 g/mol. The molecule has 1 aliphatic heterocycles. The molecule has 7 heteroatoms. The van der Waals surface area contributed by atoms with Crippen molar-refractivity contribution in [2.75, 3.05) is 26.2 Å². The molecule has 3 amide bonds. The third kappa shape index (κ3) is 5.71. The van der Waals surface area contributed by atoms with Crippen LogP contribution in [0.5, 0.6) is 0 Å². The van der Waals surface area contributed by atoms with E-state index in [4.69, 9.17) is 4.42 Å². The van der Waals surface area contributed by atoms with Gasteiger partial charge in [-0.3, -0.25) is 4.79 Å². The minimum Gasteiger partial charge on any atom is -0.444 e. The van der Waals surface area contributed by atoms with Gasteiger partial charge < -0.3 is 19.5 Å². The van der Waals surface area contributed by atoms with Crippen LogP contribution in [0.3, 0.4) is 0 Å². The summed E-state index contributed by atoms with van der Waals surface area (Å²) in [5.41, 5.74) is 0.